The number of aliphatic imine (C=N–C) groups is 1. The molecule has 1 aromatic carbocycles. The van der Waals surface area contributed by atoms with Crippen LogP contribution in [0, 0.1) is 0 Å². The minimum absolute atomic E-state index is 0.685. The van der Waals surface area contributed by atoms with Crippen LogP contribution in [0.1, 0.15) is 18.1 Å². The molecule has 1 aromatic rings. The van der Waals surface area contributed by atoms with Crippen molar-refractivity contribution in [2.45, 2.75) is 20.0 Å². The van der Waals surface area contributed by atoms with Gasteiger partial charge in [0.25, 0.3) is 0 Å². The molecule has 0 saturated carbocycles. The van der Waals surface area contributed by atoms with Crippen molar-refractivity contribution >= 4 is 5.96 Å². The van der Waals surface area contributed by atoms with Gasteiger partial charge < -0.3 is 20.1 Å². The first-order chi connectivity index (χ1) is 11.8. The number of hydrogen-bond donors (Lipinski definition) is 2. The van der Waals surface area contributed by atoms with Gasteiger partial charge in [0.15, 0.2) is 5.96 Å². The highest BCUT2D eigenvalue weighted by Crippen LogP contribution is 2.12. The van der Waals surface area contributed by atoms with E-state index in [-0.39, 0.29) is 0 Å². The molecule has 6 nitrogen and oxygen atoms in total. The normalized spacial score (nSPS) is 16.2. The quantitative estimate of drug-likeness (QED) is 0.425. The summed E-state index contributed by atoms with van der Waals surface area (Å²) in [5.74, 6) is 0.802. The lowest BCUT2D eigenvalue weighted by Crippen LogP contribution is -2.39. The van der Waals surface area contributed by atoms with Crippen molar-refractivity contribution in [2.24, 2.45) is 4.99 Å². The number of guanidine groups is 1. The number of hydrogen-bond acceptors (Lipinski definition) is 4. The highest BCUT2D eigenvalue weighted by atomic mass is 16.5. The first kappa shape index (κ1) is 18.7. The van der Waals surface area contributed by atoms with E-state index >= 15 is 0 Å². The highest BCUT2D eigenvalue weighted by Gasteiger charge is 2.12. The maximum Gasteiger partial charge on any atom is 0.191 e. The van der Waals surface area contributed by atoms with Gasteiger partial charge in [-0.2, -0.15) is 0 Å². The van der Waals surface area contributed by atoms with Gasteiger partial charge in [-0.3, -0.25) is 9.89 Å². The number of ether oxygens (including phenoxy) is 2. The molecule has 0 atom stereocenters. The summed E-state index contributed by atoms with van der Waals surface area (Å²) in [6.07, 6.45) is 0. The van der Waals surface area contributed by atoms with Crippen LogP contribution in [0.15, 0.2) is 29.3 Å². The van der Waals surface area contributed by atoms with Crippen molar-refractivity contribution in [3.63, 3.8) is 0 Å². The largest absolute Gasteiger partial charge is 0.380 e. The Balaban J connectivity index is 1.84. The standard InChI is InChI=1S/C18H30N4O2/c1-3-23-11-8-20-18(19-2)21-14-16-6-4-5-7-17(16)15-22-9-12-24-13-10-22/h4-7H,3,8-15H2,1-2H3,(H2,19,20,21). The third-order valence-corrected chi connectivity index (χ3v) is 4.03. The van der Waals surface area contributed by atoms with Crippen molar-refractivity contribution in [1.82, 2.24) is 15.5 Å². The van der Waals surface area contributed by atoms with E-state index in [9.17, 15) is 0 Å². The molecule has 0 unspecified atom stereocenters. The van der Waals surface area contributed by atoms with Crippen LogP contribution in [-0.4, -0.2) is 64.0 Å². The second-order valence-corrected chi connectivity index (χ2v) is 5.71. The number of benzene rings is 1. The molecule has 6 heteroatoms. The molecule has 1 fully saturated rings. The molecule has 0 radical (unpaired) electrons. The zero-order valence-electron chi connectivity index (χ0n) is 14.9. The monoisotopic (exact) mass is 334 g/mol. The van der Waals surface area contributed by atoms with Crippen LogP contribution in [0.3, 0.4) is 0 Å². The molecule has 2 N–H and O–H groups in total. The zero-order chi connectivity index (χ0) is 17.0. The zero-order valence-corrected chi connectivity index (χ0v) is 14.9. The average molecular weight is 334 g/mol. The number of nitrogens with zero attached hydrogens (tertiary/aromatic N) is 2. The molecule has 134 valence electrons. The molecule has 1 aliphatic heterocycles. The average Bonchev–Trinajstić information content (AvgIpc) is 2.63. The number of nitrogens with one attached hydrogen (secondary N) is 2. The Morgan fingerprint density at radius 3 is 2.67 bits per heavy atom. The van der Waals surface area contributed by atoms with Crippen LogP contribution < -0.4 is 10.6 Å². The molecule has 1 saturated heterocycles. The Morgan fingerprint density at radius 2 is 1.96 bits per heavy atom. The summed E-state index contributed by atoms with van der Waals surface area (Å²) in [5.41, 5.74) is 2.66. The lowest BCUT2D eigenvalue weighted by Gasteiger charge is -2.27. The molecule has 2 rings (SSSR count). The molecular formula is C18H30N4O2. The summed E-state index contributed by atoms with van der Waals surface area (Å²) in [4.78, 5) is 6.70. The van der Waals surface area contributed by atoms with Gasteiger partial charge in [0.2, 0.25) is 0 Å². The van der Waals surface area contributed by atoms with E-state index in [0.717, 1.165) is 58.5 Å². The van der Waals surface area contributed by atoms with Gasteiger partial charge in [0.1, 0.15) is 0 Å². The fraction of sp³-hybridized carbons (Fsp3) is 0.611. The van der Waals surface area contributed by atoms with Crippen LogP contribution in [0.5, 0.6) is 0 Å². The molecule has 24 heavy (non-hydrogen) atoms. The minimum Gasteiger partial charge on any atom is -0.380 e. The fourth-order valence-corrected chi connectivity index (χ4v) is 2.67. The van der Waals surface area contributed by atoms with Gasteiger partial charge >= 0.3 is 0 Å². The minimum atomic E-state index is 0.685. The third kappa shape index (κ3) is 6.47. The Hall–Kier alpha value is -1.63. The number of morpholine rings is 1. The maximum atomic E-state index is 5.43. The Labute approximate surface area is 145 Å². The van der Waals surface area contributed by atoms with Crippen molar-refractivity contribution in [2.75, 3.05) is 53.1 Å². The second-order valence-electron chi connectivity index (χ2n) is 5.71. The van der Waals surface area contributed by atoms with Gasteiger partial charge in [-0.1, -0.05) is 24.3 Å². The number of rotatable bonds is 8. The van der Waals surface area contributed by atoms with Gasteiger partial charge in [-0.25, -0.2) is 0 Å². The predicted octanol–water partition coefficient (Wildman–Crippen LogP) is 1.22. The van der Waals surface area contributed by atoms with Crippen LogP contribution in [0.2, 0.25) is 0 Å². The van der Waals surface area contributed by atoms with Crippen LogP contribution >= 0.6 is 0 Å². The molecule has 0 bridgehead atoms. The van der Waals surface area contributed by atoms with E-state index in [1.807, 2.05) is 6.92 Å². The Morgan fingerprint density at radius 1 is 1.21 bits per heavy atom. The fourth-order valence-electron chi connectivity index (χ4n) is 2.67. The SMILES string of the molecule is CCOCCNC(=NC)NCc1ccccc1CN1CCOCC1. The first-order valence-corrected chi connectivity index (χ1v) is 8.72. The van der Waals surface area contributed by atoms with Crippen molar-refractivity contribution in [3.8, 4) is 0 Å². The van der Waals surface area contributed by atoms with Crippen molar-refractivity contribution in [1.29, 1.82) is 0 Å². The van der Waals surface area contributed by atoms with Gasteiger partial charge in [0, 0.05) is 46.4 Å². The van der Waals surface area contributed by atoms with Gasteiger partial charge in [0.05, 0.1) is 19.8 Å². The molecule has 0 spiro atoms. The molecule has 0 amide bonds. The summed E-state index contributed by atoms with van der Waals surface area (Å²) >= 11 is 0. The summed E-state index contributed by atoms with van der Waals surface area (Å²) in [6, 6.07) is 8.58. The molecule has 1 heterocycles. The van der Waals surface area contributed by atoms with E-state index in [1.54, 1.807) is 7.05 Å². The lowest BCUT2D eigenvalue weighted by molar-refractivity contribution is 0.0341. The predicted molar refractivity (Wildman–Crippen MR) is 97.2 cm³/mol. The van der Waals surface area contributed by atoms with Crippen molar-refractivity contribution < 1.29 is 9.47 Å². The van der Waals surface area contributed by atoms with E-state index in [4.69, 9.17) is 9.47 Å². The van der Waals surface area contributed by atoms with Crippen LogP contribution in [-0.2, 0) is 22.6 Å². The van der Waals surface area contributed by atoms with Crippen molar-refractivity contribution in [3.05, 3.63) is 35.4 Å². The summed E-state index contributed by atoms with van der Waals surface area (Å²) in [6.45, 7) is 9.57. The van der Waals surface area contributed by atoms with Crippen LogP contribution in [0.25, 0.3) is 0 Å². The lowest BCUT2D eigenvalue weighted by atomic mass is 10.1. The molecular weight excluding hydrogens is 304 g/mol. The Kier molecular flexibility index (Phi) is 8.59. The van der Waals surface area contributed by atoms with E-state index in [2.05, 4.69) is 44.8 Å². The smallest absolute Gasteiger partial charge is 0.191 e. The van der Waals surface area contributed by atoms with E-state index in [1.165, 1.54) is 11.1 Å². The van der Waals surface area contributed by atoms with Crippen LogP contribution in [0.4, 0.5) is 0 Å². The second kappa shape index (κ2) is 11.0. The first-order valence-electron chi connectivity index (χ1n) is 8.72. The molecule has 0 aliphatic carbocycles. The summed E-state index contributed by atoms with van der Waals surface area (Å²) in [7, 11) is 1.79. The Bertz CT molecular complexity index is 502. The topological polar surface area (TPSA) is 58.1 Å². The van der Waals surface area contributed by atoms with Gasteiger partial charge in [-0.15, -0.1) is 0 Å². The summed E-state index contributed by atoms with van der Waals surface area (Å²) < 4.78 is 10.8. The maximum absolute atomic E-state index is 5.43. The van der Waals surface area contributed by atoms with E-state index in [0.29, 0.717) is 6.61 Å². The summed E-state index contributed by atoms with van der Waals surface area (Å²) in [5, 5.41) is 6.64. The van der Waals surface area contributed by atoms with Gasteiger partial charge in [-0.05, 0) is 18.1 Å². The highest BCUT2D eigenvalue weighted by molar-refractivity contribution is 5.79. The third-order valence-electron chi connectivity index (χ3n) is 4.03. The molecule has 1 aliphatic rings. The van der Waals surface area contributed by atoms with E-state index < -0.39 is 0 Å². The molecule has 0 aromatic heterocycles.